The van der Waals surface area contributed by atoms with Crippen LogP contribution < -0.4 is 0 Å². The molecule has 8 bridgehead atoms. The Hall–Kier alpha value is -4.46. The molecular formula is C31H32N4O4. The Morgan fingerprint density at radius 3 is 1.79 bits per heavy atom. The molecule has 8 heteroatoms. The minimum Gasteiger partial charge on any atom is -0.481 e. The van der Waals surface area contributed by atoms with Crippen LogP contribution in [0.1, 0.15) is 73.4 Å². The molecule has 0 fully saturated rings. The van der Waals surface area contributed by atoms with Gasteiger partial charge in [-0.1, -0.05) is 0 Å². The Morgan fingerprint density at radius 1 is 0.718 bits per heavy atom. The van der Waals surface area contributed by atoms with E-state index in [1.165, 1.54) is 7.11 Å². The molecule has 5 heterocycles. The van der Waals surface area contributed by atoms with Gasteiger partial charge in [0.2, 0.25) is 0 Å². The normalized spacial score (nSPS) is 13.3. The molecular weight excluding hydrogens is 492 g/mol. The maximum Gasteiger partial charge on any atom is 0.305 e. The zero-order chi connectivity index (χ0) is 27.8. The molecule has 200 valence electrons. The minimum absolute atomic E-state index is 0.00341. The number of fused-ring (bicyclic) bond motifs is 8. The number of carbonyl (C=O) groups excluding carboxylic acids is 1. The molecule has 0 aromatic carbocycles. The van der Waals surface area contributed by atoms with Gasteiger partial charge in [0.05, 0.1) is 29.9 Å². The lowest BCUT2D eigenvalue weighted by Crippen LogP contribution is -2.00. The van der Waals surface area contributed by atoms with Crippen molar-refractivity contribution in [2.75, 3.05) is 7.11 Å². The molecule has 2 aliphatic rings. The Labute approximate surface area is 226 Å². The van der Waals surface area contributed by atoms with Gasteiger partial charge >= 0.3 is 11.9 Å². The summed E-state index contributed by atoms with van der Waals surface area (Å²) in [6.07, 6.45) is 1.07. The van der Waals surface area contributed by atoms with Crippen LogP contribution in [0, 0.1) is 13.8 Å². The molecule has 0 saturated carbocycles. The van der Waals surface area contributed by atoms with E-state index in [-0.39, 0.29) is 18.8 Å². The summed E-state index contributed by atoms with van der Waals surface area (Å²) >= 11 is 0. The third-order valence-corrected chi connectivity index (χ3v) is 7.47. The van der Waals surface area contributed by atoms with Crippen LogP contribution in [0.5, 0.6) is 0 Å². The summed E-state index contributed by atoms with van der Waals surface area (Å²) in [5.41, 5.74) is 12.8. The fourth-order valence-electron chi connectivity index (χ4n) is 5.19. The monoisotopic (exact) mass is 524 g/mol. The number of H-pyrrole nitrogens is 2. The second-order valence-electron chi connectivity index (χ2n) is 10.2. The van der Waals surface area contributed by atoms with Crippen molar-refractivity contribution in [1.82, 2.24) is 19.9 Å². The molecule has 0 spiro atoms. The van der Waals surface area contributed by atoms with Crippen molar-refractivity contribution in [3.05, 3.63) is 70.3 Å². The van der Waals surface area contributed by atoms with Gasteiger partial charge in [-0.15, -0.1) is 0 Å². The number of hydrogen-bond donors (Lipinski definition) is 3. The molecule has 0 radical (unpaired) electrons. The number of ether oxygens (including phenoxy) is 1. The minimum atomic E-state index is -0.857. The van der Waals surface area contributed by atoms with Gasteiger partial charge in [0.25, 0.3) is 0 Å². The SMILES string of the molecule is COC(=O)CCC1=C(C)c2cc3[nH]c(cc3C)cc3[nH]c(cc4nc(cc1n2)C(CCC(=O)O)=C4C)cc3C. The maximum absolute atomic E-state index is 12.0. The van der Waals surface area contributed by atoms with Crippen LogP contribution in [-0.2, 0) is 14.3 Å². The van der Waals surface area contributed by atoms with Crippen molar-refractivity contribution in [2.45, 2.75) is 53.4 Å². The third-order valence-electron chi connectivity index (χ3n) is 7.47. The van der Waals surface area contributed by atoms with Crippen LogP contribution in [0.3, 0.4) is 0 Å². The van der Waals surface area contributed by atoms with E-state index in [0.717, 1.165) is 72.6 Å². The molecule has 2 aliphatic heterocycles. The maximum atomic E-state index is 12.0. The number of hydrogen-bond acceptors (Lipinski definition) is 5. The smallest absolute Gasteiger partial charge is 0.305 e. The van der Waals surface area contributed by atoms with Gasteiger partial charge < -0.3 is 19.8 Å². The summed E-state index contributed by atoms with van der Waals surface area (Å²) in [6.45, 7) is 8.12. The van der Waals surface area contributed by atoms with Crippen LogP contribution in [-0.4, -0.2) is 44.1 Å². The highest BCUT2D eigenvalue weighted by Crippen LogP contribution is 2.37. The van der Waals surface area contributed by atoms with E-state index in [4.69, 9.17) is 14.7 Å². The summed E-state index contributed by atoms with van der Waals surface area (Å²) in [7, 11) is 1.39. The number of nitrogens with one attached hydrogen (secondary N) is 2. The van der Waals surface area contributed by atoms with Crippen molar-refractivity contribution in [3.8, 4) is 0 Å². The number of carboxylic acid groups (broad SMARTS) is 1. The molecule has 0 saturated heterocycles. The summed E-state index contributed by atoms with van der Waals surface area (Å²) < 4.78 is 4.89. The standard InChI is InChI=1S/C31H32N4O4/c1-16-10-21-13-26-18(3)22(6-8-30(36)37)28(34-26)15-29-23(7-9-31(38)39-5)19(4)27(35-29)14-25-17(2)11-20(33-25)12-24(16)32-21/h10-15,32-33H,6-9H2,1-5H3,(H,36,37). The van der Waals surface area contributed by atoms with Gasteiger partial charge in [0.15, 0.2) is 0 Å². The van der Waals surface area contributed by atoms with Crippen LogP contribution in [0.2, 0.25) is 0 Å². The number of nitrogens with zero attached hydrogens (tertiary/aromatic N) is 2. The zero-order valence-corrected chi connectivity index (χ0v) is 22.9. The van der Waals surface area contributed by atoms with Gasteiger partial charge in [-0.2, -0.15) is 0 Å². The highest BCUT2D eigenvalue weighted by atomic mass is 16.5. The van der Waals surface area contributed by atoms with Crippen molar-refractivity contribution in [2.24, 2.45) is 0 Å². The lowest BCUT2D eigenvalue weighted by Gasteiger charge is -2.05. The Bertz CT molecular complexity index is 1740. The average Bonchev–Trinajstić information content (AvgIpc) is 3.58. The molecule has 0 atom stereocenters. The zero-order valence-electron chi connectivity index (χ0n) is 22.9. The van der Waals surface area contributed by atoms with Gasteiger partial charge in [-0.25, -0.2) is 9.97 Å². The van der Waals surface area contributed by atoms with Crippen molar-refractivity contribution in [1.29, 1.82) is 0 Å². The number of methoxy groups -OCH3 is 1. The predicted molar refractivity (Wildman–Crippen MR) is 154 cm³/mol. The molecule has 0 unspecified atom stereocenters. The number of esters is 1. The van der Waals surface area contributed by atoms with Crippen LogP contribution in [0.15, 0.2) is 36.4 Å². The lowest BCUT2D eigenvalue weighted by atomic mass is 9.98. The summed E-state index contributed by atoms with van der Waals surface area (Å²) in [5.74, 6) is -1.14. The number of carboxylic acids is 1. The van der Waals surface area contributed by atoms with Crippen molar-refractivity contribution < 1.29 is 19.4 Å². The van der Waals surface area contributed by atoms with Crippen molar-refractivity contribution >= 4 is 56.3 Å². The quantitative estimate of drug-likeness (QED) is 0.312. The van der Waals surface area contributed by atoms with Crippen LogP contribution in [0.25, 0.3) is 44.4 Å². The number of aryl methyl sites for hydroxylation is 2. The topological polar surface area (TPSA) is 121 Å². The summed E-state index contributed by atoms with van der Waals surface area (Å²) in [4.78, 5) is 40.4. The number of rotatable bonds is 6. The fourth-order valence-corrected chi connectivity index (χ4v) is 5.19. The van der Waals surface area contributed by atoms with E-state index in [9.17, 15) is 14.7 Å². The molecule has 5 rings (SSSR count). The molecule has 3 aromatic heterocycles. The Balaban J connectivity index is 1.82. The fraction of sp³-hybridized carbons (Fsp3) is 0.290. The highest BCUT2D eigenvalue weighted by Gasteiger charge is 2.22. The molecule has 3 N–H and O–H groups in total. The van der Waals surface area contributed by atoms with E-state index in [1.807, 2.05) is 32.0 Å². The summed E-state index contributed by atoms with van der Waals surface area (Å²) in [5, 5.41) is 9.39. The van der Waals surface area contributed by atoms with Gasteiger partial charge in [0, 0.05) is 34.9 Å². The first-order valence-corrected chi connectivity index (χ1v) is 13.0. The first-order chi connectivity index (χ1) is 18.6. The summed E-state index contributed by atoms with van der Waals surface area (Å²) in [6, 6.07) is 12.2. The number of aliphatic carboxylic acids is 1. The van der Waals surface area contributed by atoms with E-state index in [0.29, 0.717) is 18.5 Å². The average molecular weight is 525 g/mol. The third kappa shape index (κ3) is 5.27. The number of aromatic amines is 2. The number of allylic oxidation sites excluding steroid dienone is 4. The Morgan fingerprint density at radius 2 is 1.23 bits per heavy atom. The van der Waals surface area contributed by atoms with E-state index in [1.54, 1.807) is 0 Å². The second kappa shape index (κ2) is 10.4. The second-order valence-corrected chi connectivity index (χ2v) is 10.2. The van der Waals surface area contributed by atoms with Crippen LogP contribution >= 0.6 is 0 Å². The molecule has 0 aliphatic carbocycles. The highest BCUT2D eigenvalue weighted by molar-refractivity contribution is 5.96. The Kier molecular flexibility index (Phi) is 6.95. The lowest BCUT2D eigenvalue weighted by molar-refractivity contribution is -0.140. The first-order valence-electron chi connectivity index (χ1n) is 13.0. The predicted octanol–water partition coefficient (Wildman–Crippen LogP) is 6.61. The first kappa shape index (κ1) is 26.2. The van der Waals surface area contributed by atoms with E-state index < -0.39 is 5.97 Å². The van der Waals surface area contributed by atoms with Crippen LogP contribution in [0.4, 0.5) is 0 Å². The van der Waals surface area contributed by atoms with E-state index in [2.05, 4.69) is 42.0 Å². The molecule has 8 nitrogen and oxygen atoms in total. The molecule has 0 amide bonds. The largest absolute Gasteiger partial charge is 0.481 e. The molecule has 39 heavy (non-hydrogen) atoms. The van der Waals surface area contributed by atoms with Gasteiger partial charge in [0.1, 0.15) is 0 Å². The van der Waals surface area contributed by atoms with Crippen molar-refractivity contribution in [3.63, 3.8) is 0 Å². The van der Waals surface area contributed by atoms with Gasteiger partial charge in [-0.3, -0.25) is 9.59 Å². The van der Waals surface area contributed by atoms with Gasteiger partial charge in [-0.05, 0) is 110 Å². The van der Waals surface area contributed by atoms with E-state index >= 15 is 0 Å². The number of carbonyl (C=O) groups is 2. The molecule has 3 aromatic rings. The number of aromatic nitrogens is 4.